The molecule has 2 aromatic carbocycles. The Morgan fingerprint density at radius 1 is 0.848 bits per heavy atom. The van der Waals surface area contributed by atoms with Crippen LogP contribution in [0.1, 0.15) is 11.3 Å². The first-order valence-electron chi connectivity index (χ1n) is 10.6. The van der Waals surface area contributed by atoms with Gasteiger partial charge < -0.3 is 9.32 Å². The minimum atomic E-state index is -0.405. The topological polar surface area (TPSA) is 62.5 Å². The molecule has 0 atom stereocenters. The average molecular weight is 441 g/mol. The Morgan fingerprint density at radius 2 is 1.48 bits per heavy atom. The number of nitro benzene ring substituents is 1. The van der Waals surface area contributed by atoms with Crippen LogP contribution in [-0.2, 0) is 0 Å². The third-order valence-electron chi connectivity index (χ3n) is 5.56. The highest BCUT2D eigenvalue weighted by atomic mass is 16.6. The first kappa shape index (κ1) is 22.0. The third-order valence-corrected chi connectivity index (χ3v) is 5.56. The van der Waals surface area contributed by atoms with Gasteiger partial charge in [-0.05, 0) is 59.7 Å². The molecule has 166 valence electrons. The Morgan fingerprint density at radius 3 is 2.03 bits per heavy atom. The van der Waals surface area contributed by atoms with E-state index in [0.717, 1.165) is 39.4 Å². The SMILES string of the molecule is CN(C)c1ccc(C(=C2C=CC(=[N+](C)C)C=C2)c2ccc(-c3ccc([N+](=O)[O-])cc3)o2)cc1. The van der Waals surface area contributed by atoms with Crippen molar-refractivity contribution < 1.29 is 13.9 Å². The zero-order chi connectivity index (χ0) is 23.5. The fraction of sp³-hybridized carbons (Fsp3) is 0.148. The van der Waals surface area contributed by atoms with Crippen molar-refractivity contribution in [2.24, 2.45) is 0 Å². The molecule has 0 fully saturated rings. The molecule has 0 aliphatic heterocycles. The lowest BCUT2D eigenvalue weighted by molar-refractivity contribution is -0.462. The molecule has 0 saturated carbocycles. The molecule has 0 radical (unpaired) electrons. The zero-order valence-corrected chi connectivity index (χ0v) is 19.1. The van der Waals surface area contributed by atoms with E-state index in [1.54, 1.807) is 12.1 Å². The molecular weight excluding hydrogens is 414 g/mol. The first-order valence-corrected chi connectivity index (χ1v) is 10.6. The van der Waals surface area contributed by atoms with E-state index in [0.29, 0.717) is 5.76 Å². The van der Waals surface area contributed by atoms with Gasteiger partial charge in [0.1, 0.15) is 25.6 Å². The van der Waals surface area contributed by atoms with Crippen LogP contribution >= 0.6 is 0 Å². The summed E-state index contributed by atoms with van der Waals surface area (Å²) in [7, 11) is 8.07. The third kappa shape index (κ3) is 4.70. The fourth-order valence-corrected chi connectivity index (χ4v) is 3.68. The van der Waals surface area contributed by atoms with E-state index in [1.807, 2.05) is 40.3 Å². The molecule has 0 N–H and O–H groups in total. The minimum Gasteiger partial charge on any atom is -0.456 e. The molecule has 6 heteroatoms. The standard InChI is InChI=1S/C27H26N3O3/c1-28(2)22-11-7-20(8-12-22)27(21-9-13-23(14-10-21)29(3)4)26-18-17-25(33-26)19-5-15-24(16-6-19)30(31)32/h5-18H,1-4H3/q+1. The number of allylic oxidation sites excluding steroid dienone is 5. The summed E-state index contributed by atoms with van der Waals surface area (Å²) in [4.78, 5) is 12.6. The minimum absolute atomic E-state index is 0.0553. The molecule has 0 spiro atoms. The molecule has 0 bridgehead atoms. The summed E-state index contributed by atoms with van der Waals surface area (Å²) in [6, 6.07) is 18.6. The maximum atomic E-state index is 11.0. The molecule has 1 aliphatic rings. The molecule has 0 saturated heterocycles. The maximum absolute atomic E-state index is 11.0. The van der Waals surface area contributed by atoms with Gasteiger partial charge in [-0.15, -0.1) is 0 Å². The number of furan rings is 1. The number of benzene rings is 2. The van der Waals surface area contributed by atoms with Crippen LogP contribution < -0.4 is 4.90 Å². The average Bonchev–Trinajstić information content (AvgIpc) is 3.29. The molecule has 0 amide bonds. The van der Waals surface area contributed by atoms with E-state index in [1.165, 1.54) is 12.1 Å². The molecule has 1 heterocycles. The number of rotatable bonds is 5. The van der Waals surface area contributed by atoms with Crippen LogP contribution in [0.2, 0.25) is 0 Å². The van der Waals surface area contributed by atoms with Gasteiger partial charge in [-0.1, -0.05) is 12.1 Å². The van der Waals surface area contributed by atoms with Crippen molar-refractivity contribution in [3.63, 3.8) is 0 Å². The van der Waals surface area contributed by atoms with E-state index in [-0.39, 0.29) is 5.69 Å². The molecule has 3 aromatic rings. The number of hydrogen-bond donors (Lipinski definition) is 0. The van der Waals surface area contributed by atoms with Crippen molar-refractivity contribution in [3.05, 3.63) is 112 Å². The summed E-state index contributed by atoms with van der Waals surface area (Å²) in [6.07, 6.45) is 8.37. The van der Waals surface area contributed by atoms with Gasteiger partial charge in [0, 0.05) is 55.2 Å². The summed E-state index contributed by atoms with van der Waals surface area (Å²) in [5.74, 6) is 1.39. The van der Waals surface area contributed by atoms with Crippen molar-refractivity contribution in [2.75, 3.05) is 33.1 Å². The number of non-ortho nitro benzene ring substituents is 1. The lowest BCUT2D eigenvalue weighted by Gasteiger charge is -2.15. The van der Waals surface area contributed by atoms with Crippen LogP contribution in [0.3, 0.4) is 0 Å². The Hall–Kier alpha value is -4.19. The van der Waals surface area contributed by atoms with Gasteiger partial charge in [0.15, 0.2) is 5.71 Å². The van der Waals surface area contributed by atoms with Crippen LogP contribution in [-0.4, -0.2) is 43.4 Å². The summed E-state index contributed by atoms with van der Waals surface area (Å²) < 4.78 is 8.33. The van der Waals surface area contributed by atoms with Gasteiger partial charge in [-0.2, -0.15) is 0 Å². The van der Waals surface area contributed by atoms with Crippen LogP contribution in [0, 0.1) is 10.1 Å². The van der Waals surface area contributed by atoms with E-state index < -0.39 is 4.92 Å². The molecule has 4 rings (SSSR count). The monoisotopic (exact) mass is 440 g/mol. The zero-order valence-electron chi connectivity index (χ0n) is 19.1. The first-order chi connectivity index (χ1) is 15.8. The summed E-state index contributed by atoms with van der Waals surface area (Å²) in [6.45, 7) is 0. The highest BCUT2D eigenvalue weighted by Crippen LogP contribution is 2.34. The number of nitro groups is 1. The van der Waals surface area contributed by atoms with Crippen molar-refractivity contribution >= 4 is 22.7 Å². The van der Waals surface area contributed by atoms with E-state index in [2.05, 4.69) is 58.0 Å². The molecule has 1 aromatic heterocycles. The Labute approximate surface area is 193 Å². The van der Waals surface area contributed by atoms with Crippen LogP contribution in [0.5, 0.6) is 0 Å². The summed E-state index contributed by atoms with van der Waals surface area (Å²) >= 11 is 0. The van der Waals surface area contributed by atoms with Crippen molar-refractivity contribution in [1.82, 2.24) is 0 Å². The fourth-order valence-electron chi connectivity index (χ4n) is 3.68. The predicted octanol–water partition coefficient (Wildman–Crippen LogP) is 5.56. The van der Waals surface area contributed by atoms with Gasteiger partial charge in [0.2, 0.25) is 0 Å². The van der Waals surface area contributed by atoms with Crippen LogP contribution in [0.15, 0.2) is 95.0 Å². The van der Waals surface area contributed by atoms with Gasteiger partial charge in [-0.25, -0.2) is 4.58 Å². The predicted molar refractivity (Wildman–Crippen MR) is 133 cm³/mol. The second-order valence-corrected chi connectivity index (χ2v) is 8.23. The van der Waals surface area contributed by atoms with Crippen molar-refractivity contribution in [2.45, 2.75) is 0 Å². The smallest absolute Gasteiger partial charge is 0.269 e. The van der Waals surface area contributed by atoms with Crippen LogP contribution in [0.25, 0.3) is 16.9 Å². The van der Waals surface area contributed by atoms with Crippen molar-refractivity contribution in [3.8, 4) is 11.3 Å². The molecule has 33 heavy (non-hydrogen) atoms. The lowest BCUT2D eigenvalue weighted by atomic mass is 9.94. The number of hydrogen-bond acceptors (Lipinski definition) is 4. The van der Waals surface area contributed by atoms with E-state index >= 15 is 0 Å². The Kier molecular flexibility index (Phi) is 6.09. The van der Waals surface area contributed by atoms with Gasteiger partial charge in [0.25, 0.3) is 5.69 Å². The van der Waals surface area contributed by atoms with Gasteiger partial charge >= 0.3 is 0 Å². The Balaban J connectivity index is 1.79. The molecule has 0 unspecified atom stereocenters. The number of nitrogens with zero attached hydrogens (tertiary/aromatic N) is 3. The molecule has 1 aliphatic carbocycles. The second-order valence-electron chi connectivity index (χ2n) is 8.23. The highest BCUT2D eigenvalue weighted by Gasteiger charge is 2.17. The van der Waals surface area contributed by atoms with Crippen LogP contribution in [0.4, 0.5) is 11.4 Å². The summed E-state index contributed by atoms with van der Waals surface area (Å²) in [5.41, 5.74) is 6.15. The quantitative estimate of drug-likeness (QED) is 0.296. The normalized spacial score (nSPS) is 12.7. The van der Waals surface area contributed by atoms with Gasteiger partial charge in [0.05, 0.1) is 4.92 Å². The highest BCUT2D eigenvalue weighted by molar-refractivity contribution is 6.03. The Bertz CT molecular complexity index is 1280. The largest absolute Gasteiger partial charge is 0.456 e. The summed E-state index contributed by atoms with van der Waals surface area (Å²) in [5, 5.41) is 11.0. The van der Waals surface area contributed by atoms with E-state index in [9.17, 15) is 10.1 Å². The lowest BCUT2D eigenvalue weighted by Crippen LogP contribution is -2.10. The van der Waals surface area contributed by atoms with Gasteiger partial charge in [-0.3, -0.25) is 10.1 Å². The number of anilines is 1. The van der Waals surface area contributed by atoms with Crippen molar-refractivity contribution in [1.29, 1.82) is 0 Å². The van der Waals surface area contributed by atoms with E-state index in [4.69, 9.17) is 4.42 Å². The second kappa shape index (κ2) is 9.12. The molecular formula is C27H26N3O3+. The maximum Gasteiger partial charge on any atom is 0.269 e. The molecule has 6 nitrogen and oxygen atoms in total.